The molecule has 0 aromatic heterocycles. The molecule has 5 heteroatoms. The first-order chi connectivity index (χ1) is 7.58. The van der Waals surface area contributed by atoms with E-state index >= 15 is 0 Å². The van der Waals surface area contributed by atoms with E-state index in [1.54, 1.807) is 19.1 Å². The van der Waals surface area contributed by atoms with E-state index < -0.39 is 0 Å². The minimum atomic E-state index is -0.122. The van der Waals surface area contributed by atoms with Crippen molar-refractivity contribution in [2.75, 3.05) is 34.0 Å². The highest BCUT2D eigenvalue weighted by molar-refractivity contribution is 9.10. The number of ether oxygens (including phenoxy) is 2. The van der Waals surface area contributed by atoms with E-state index in [2.05, 4.69) is 15.9 Å². The third-order valence-corrected chi connectivity index (χ3v) is 3.42. The molecule has 0 fully saturated rings. The van der Waals surface area contributed by atoms with Gasteiger partial charge in [-0.1, -0.05) is 22.9 Å². The van der Waals surface area contributed by atoms with E-state index in [-0.39, 0.29) is 16.8 Å². The summed E-state index contributed by atoms with van der Waals surface area (Å²) >= 11 is 3.38. The van der Waals surface area contributed by atoms with Crippen LogP contribution in [0.5, 0.6) is 0 Å². The third-order valence-electron chi connectivity index (χ3n) is 2.39. The average molecular weight is 296 g/mol. The van der Waals surface area contributed by atoms with Crippen LogP contribution in [0.4, 0.5) is 0 Å². The lowest BCUT2D eigenvalue weighted by atomic mass is 10.2. The van der Waals surface area contributed by atoms with Crippen LogP contribution in [-0.4, -0.2) is 55.7 Å². The van der Waals surface area contributed by atoms with Crippen LogP contribution in [0.1, 0.15) is 20.3 Å². The van der Waals surface area contributed by atoms with E-state index in [9.17, 15) is 4.79 Å². The van der Waals surface area contributed by atoms with Crippen molar-refractivity contribution in [2.45, 2.75) is 31.1 Å². The number of hydrogen-bond donors (Lipinski definition) is 0. The molecule has 0 aromatic carbocycles. The molecule has 96 valence electrons. The van der Waals surface area contributed by atoms with Gasteiger partial charge in [-0.05, 0) is 13.3 Å². The Hall–Kier alpha value is -0.130. The molecule has 0 spiro atoms. The third kappa shape index (κ3) is 5.27. The largest absolute Gasteiger partial charge is 0.383 e. The SMILES string of the molecule is CCC(Br)C(=O)N(CCOC)C(C)COC. The highest BCUT2D eigenvalue weighted by Gasteiger charge is 2.24. The summed E-state index contributed by atoms with van der Waals surface area (Å²) in [6, 6.07) is 0.0687. The van der Waals surface area contributed by atoms with E-state index in [0.29, 0.717) is 19.8 Å². The number of amides is 1. The van der Waals surface area contributed by atoms with Gasteiger partial charge in [0.2, 0.25) is 5.91 Å². The molecule has 2 unspecified atom stereocenters. The van der Waals surface area contributed by atoms with Gasteiger partial charge in [0.25, 0.3) is 0 Å². The number of rotatable bonds is 8. The topological polar surface area (TPSA) is 38.8 Å². The maximum atomic E-state index is 12.1. The number of carbonyl (C=O) groups is 1. The summed E-state index contributed by atoms with van der Waals surface area (Å²) in [7, 11) is 3.27. The Morgan fingerprint density at radius 1 is 1.38 bits per heavy atom. The zero-order valence-electron chi connectivity index (χ0n) is 10.5. The second kappa shape index (κ2) is 8.96. The van der Waals surface area contributed by atoms with Crippen molar-refractivity contribution in [1.82, 2.24) is 4.90 Å². The number of nitrogens with zero attached hydrogens (tertiary/aromatic N) is 1. The van der Waals surface area contributed by atoms with Crippen molar-refractivity contribution in [1.29, 1.82) is 0 Å². The first-order valence-electron chi connectivity index (χ1n) is 5.50. The molecule has 4 nitrogen and oxygen atoms in total. The number of carbonyl (C=O) groups excluding carboxylic acids is 1. The van der Waals surface area contributed by atoms with Crippen molar-refractivity contribution in [3.8, 4) is 0 Å². The van der Waals surface area contributed by atoms with Gasteiger partial charge in [0.15, 0.2) is 0 Å². The van der Waals surface area contributed by atoms with Crippen molar-refractivity contribution in [3.05, 3.63) is 0 Å². The highest BCUT2D eigenvalue weighted by Crippen LogP contribution is 2.12. The molecule has 0 saturated carbocycles. The van der Waals surface area contributed by atoms with E-state index in [4.69, 9.17) is 9.47 Å². The Kier molecular flexibility index (Phi) is 8.89. The van der Waals surface area contributed by atoms with E-state index in [1.807, 2.05) is 13.8 Å². The Balaban J connectivity index is 4.45. The van der Waals surface area contributed by atoms with Gasteiger partial charge in [0.05, 0.1) is 24.1 Å². The van der Waals surface area contributed by atoms with Gasteiger partial charge >= 0.3 is 0 Å². The molecule has 0 heterocycles. The van der Waals surface area contributed by atoms with Crippen LogP contribution in [0, 0.1) is 0 Å². The second-order valence-corrected chi connectivity index (χ2v) is 4.81. The summed E-state index contributed by atoms with van der Waals surface area (Å²) < 4.78 is 10.1. The molecule has 16 heavy (non-hydrogen) atoms. The molecule has 0 aliphatic heterocycles. The molecular formula is C11H22BrNO3. The van der Waals surface area contributed by atoms with Gasteiger partial charge < -0.3 is 14.4 Å². The summed E-state index contributed by atoms with van der Waals surface area (Å²) in [5.41, 5.74) is 0. The minimum Gasteiger partial charge on any atom is -0.383 e. The van der Waals surface area contributed by atoms with Crippen molar-refractivity contribution >= 4 is 21.8 Å². The first kappa shape index (κ1) is 15.9. The van der Waals surface area contributed by atoms with Gasteiger partial charge in [-0.25, -0.2) is 0 Å². The Labute approximate surface area is 106 Å². The molecule has 1 amide bonds. The lowest BCUT2D eigenvalue weighted by Gasteiger charge is -2.30. The van der Waals surface area contributed by atoms with Gasteiger partial charge in [0.1, 0.15) is 0 Å². The summed E-state index contributed by atoms with van der Waals surface area (Å²) in [5, 5.41) is 0. The number of halogens is 1. The lowest BCUT2D eigenvalue weighted by Crippen LogP contribution is -2.46. The Morgan fingerprint density at radius 2 is 2.00 bits per heavy atom. The molecule has 0 saturated heterocycles. The Morgan fingerprint density at radius 3 is 2.44 bits per heavy atom. The minimum absolute atomic E-state index is 0.0687. The smallest absolute Gasteiger partial charge is 0.236 e. The van der Waals surface area contributed by atoms with Crippen molar-refractivity contribution in [3.63, 3.8) is 0 Å². The van der Waals surface area contributed by atoms with Crippen molar-refractivity contribution in [2.24, 2.45) is 0 Å². The summed E-state index contributed by atoms with van der Waals surface area (Å²) in [4.78, 5) is 13.7. The second-order valence-electron chi connectivity index (χ2n) is 3.70. The van der Waals surface area contributed by atoms with Crippen LogP contribution in [-0.2, 0) is 14.3 Å². The van der Waals surface area contributed by atoms with Gasteiger partial charge in [-0.15, -0.1) is 0 Å². The maximum Gasteiger partial charge on any atom is 0.236 e. The standard InChI is InChI=1S/C11H22BrNO3/c1-5-10(12)11(14)13(6-7-15-3)9(2)8-16-4/h9-10H,5-8H2,1-4H3. The fourth-order valence-electron chi connectivity index (χ4n) is 1.42. The lowest BCUT2D eigenvalue weighted by molar-refractivity contribution is -0.134. The molecular weight excluding hydrogens is 274 g/mol. The number of hydrogen-bond acceptors (Lipinski definition) is 3. The molecule has 0 aliphatic carbocycles. The molecule has 0 aliphatic rings. The normalized spacial score (nSPS) is 14.6. The fraction of sp³-hybridized carbons (Fsp3) is 0.909. The molecule has 0 radical (unpaired) electrons. The van der Waals surface area contributed by atoms with Crippen LogP contribution in [0.3, 0.4) is 0 Å². The highest BCUT2D eigenvalue weighted by atomic mass is 79.9. The maximum absolute atomic E-state index is 12.1. The average Bonchev–Trinajstić information content (AvgIpc) is 2.28. The van der Waals surface area contributed by atoms with Gasteiger partial charge in [-0.2, -0.15) is 0 Å². The zero-order chi connectivity index (χ0) is 12.6. The van der Waals surface area contributed by atoms with Crippen molar-refractivity contribution < 1.29 is 14.3 Å². The van der Waals surface area contributed by atoms with Gasteiger partial charge in [0, 0.05) is 20.8 Å². The molecule has 0 rings (SSSR count). The van der Waals surface area contributed by atoms with E-state index in [1.165, 1.54) is 0 Å². The number of alkyl halides is 1. The fourth-order valence-corrected chi connectivity index (χ4v) is 1.69. The quantitative estimate of drug-likeness (QED) is 0.640. The molecule has 0 bridgehead atoms. The predicted octanol–water partition coefficient (Wildman–Crippen LogP) is 1.67. The number of methoxy groups -OCH3 is 2. The predicted molar refractivity (Wildman–Crippen MR) is 67.9 cm³/mol. The summed E-state index contributed by atoms with van der Waals surface area (Å²) in [5.74, 6) is 0.101. The summed E-state index contributed by atoms with van der Waals surface area (Å²) in [6.45, 7) is 5.64. The van der Waals surface area contributed by atoms with Crippen LogP contribution in [0.15, 0.2) is 0 Å². The Bertz CT molecular complexity index is 202. The monoisotopic (exact) mass is 295 g/mol. The van der Waals surface area contributed by atoms with Crippen LogP contribution < -0.4 is 0 Å². The van der Waals surface area contributed by atoms with Crippen LogP contribution in [0.25, 0.3) is 0 Å². The zero-order valence-corrected chi connectivity index (χ0v) is 12.1. The first-order valence-corrected chi connectivity index (χ1v) is 6.42. The van der Waals surface area contributed by atoms with E-state index in [0.717, 1.165) is 6.42 Å². The van der Waals surface area contributed by atoms with Crippen LogP contribution in [0.2, 0.25) is 0 Å². The summed E-state index contributed by atoms with van der Waals surface area (Å²) in [6.07, 6.45) is 0.780. The molecule has 2 atom stereocenters. The van der Waals surface area contributed by atoms with Gasteiger partial charge in [-0.3, -0.25) is 4.79 Å². The molecule has 0 N–H and O–H groups in total. The van der Waals surface area contributed by atoms with Crippen LogP contribution >= 0.6 is 15.9 Å². The molecule has 0 aromatic rings.